The van der Waals surface area contributed by atoms with E-state index in [2.05, 4.69) is 37.1 Å². The van der Waals surface area contributed by atoms with Gasteiger partial charge < -0.3 is 44.0 Å². The second kappa shape index (κ2) is 11.8. The molecule has 6 rings (SSSR count). The van der Waals surface area contributed by atoms with E-state index in [0.29, 0.717) is 48.8 Å². The Morgan fingerprint density at radius 2 is 1.75 bits per heavy atom. The topological polar surface area (TPSA) is 126 Å². The molecule has 4 unspecified atom stereocenters. The summed E-state index contributed by atoms with van der Waals surface area (Å²) in [4.78, 5) is 2.26. The fourth-order valence-corrected chi connectivity index (χ4v) is 5.43. The molecular weight excluding hydrogens is 538 g/mol. The van der Waals surface area contributed by atoms with Gasteiger partial charge in [0.1, 0.15) is 35.5 Å². The number of rotatable bonds is 8. The number of hydrogen-bond donors (Lipinski definition) is 2. The lowest BCUT2D eigenvalue weighted by Crippen LogP contribution is -2.45. The van der Waals surface area contributed by atoms with Crippen LogP contribution in [0.2, 0.25) is 0 Å². The number of nitrogens with one attached hydrogen (secondary N) is 2. The second-order valence-electron chi connectivity index (χ2n) is 9.57. The summed E-state index contributed by atoms with van der Waals surface area (Å²) in [7, 11) is 3.20. The highest BCUT2D eigenvalue weighted by Gasteiger charge is 2.50. The number of tetrazole rings is 1. The number of anilines is 2. The van der Waals surface area contributed by atoms with E-state index in [1.807, 2.05) is 30.3 Å². The van der Waals surface area contributed by atoms with Crippen molar-refractivity contribution < 1.29 is 28.4 Å². The van der Waals surface area contributed by atoms with Gasteiger partial charge in [0.05, 0.1) is 46.7 Å². The normalized spacial score (nSPS) is 23.9. The molecule has 3 aliphatic rings. The average Bonchev–Trinajstić information content (AvgIpc) is 3.71. The molecule has 0 amide bonds. The molecule has 2 aromatic carbocycles. The van der Waals surface area contributed by atoms with Crippen molar-refractivity contribution in [1.82, 2.24) is 25.5 Å². The van der Waals surface area contributed by atoms with Crippen LogP contribution in [-0.4, -0.2) is 97.3 Å². The van der Waals surface area contributed by atoms with E-state index in [1.165, 1.54) is 0 Å². The molecule has 212 valence electrons. The van der Waals surface area contributed by atoms with E-state index in [1.54, 1.807) is 25.0 Å². The standard InChI is InChI=1S/C26H31N7O6S/c1-34-19-10-16(11-20(13-19)35-2)27-25(40)28-21-14-37-24-22(15-38-23(21)24)33-26(29-30-31-33)39-18-5-3-4-17(12-18)32-6-8-36-9-7-32/h3-5,10-13,21-24H,6-9,14-15H2,1-2H3,(H2,27,28,40). The number of ether oxygens (including phenoxy) is 6. The molecule has 4 atom stereocenters. The minimum Gasteiger partial charge on any atom is -0.497 e. The van der Waals surface area contributed by atoms with Crippen LogP contribution in [0.4, 0.5) is 11.4 Å². The minimum absolute atomic E-state index is 0.159. The van der Waals surface area contributed by atoms with E-state index < -0.39 is 0 Å². The van der Waals surface area contributed by atoms with Crippen LogP contribution in [-0.2, 0) is 14.2 Å². The van der Waals surface area contributed by atoms with Crippen molar-refractivity contribution in [3.8, 4) is 23.3 Å². The summed E-state index contributed by atoms with van der Waals surface area (Å²) in [5.74, 6) is 1.96. The number of aromatic nitrogens is 4. The van der Waals surface area contributed by atoms with Crippen molar-refractivity contribution in [3.05, 3.63) is 42.5 Å². The van der Waals surface area contributed by atoms with Gasteiger partial charge in [0, 0.05) is 48.7 Å². The van der Waals surface area contributed by atoms with Crippen molar-refractivity contribution in [2.45, 2.75) is 24.3 Å². The lowest BCUT2D eigenvalue weighted by atomic mass is 10.1. The second-order valence-corrected chi connectivity index (χ2v) is 9.98. The van der Waals surface area contributed by atoms with Crippen molar-refractivity contribution in [1.29, 1.82) is 0 Å². The predicted molar refractivity (Wildman–Crippen MR) is 149 cm³/mol. The van der Waals surface area contributed by atoms with Gasteiger partial charge in [0.15, 0.2) is 5.11 Å². The molecule has 0 radical (unpaired) electrons. The number of fused-ring (bicyclic) bond motifs is 1. The maximum atomic E-state index is 6.15. The van der Waals surface area contributed by atoms with Crippen molar-refractivity contribution >= 4 is 28.7 Å². The van der Waals surface area contributed by atoms with Crippen LogP contribution in [0.3, 0.4) is 0 Å². The summed E-state index contributed by atoms with van der Waals surface area (Å²) in [6.45, 7) is 3.87. The molecule has 0 spiro atoms. The zero-order valence-corrected chi connectivity index (χ0v) is 23.0. The molecule has 14 heteroatoms. The third-order valence-corrected chi connectivity index (χ3v) is 7.35. The van der Waals surface area contributed by atoms with Gasteiger partial charge in [0.25, 0.3) is 0 Å². The molecule has 3 aliphatic heterocycles. The summed E-state index contributed by atoms with van der Waals surface area (Å²) < 4.78 is 36.2. The van der Waals surface area contributed by atoms with Crippen LogP contribution in [0.25, 0.3) is 0 Å². The third kappa shape index (κ3) is 5.61. The number of thiocarbonyl (C=S) groups is 1. The Kier molecular flexibility index (Phi) is 7.82. The largest absolute Gasteiger partial charge is 0.497 e. The van der Waals surface area contributed by atoms with Gasteiger partial charge in [-0.05, 0) is 34.8 Å². The summed E-state index contributed by atoms with van der Waals surface area (Å²) in [5, 5.41) is 19.1. The number of methoxy groups -OCH3 is 2. The molecule has 0 saturated carbocycles. The zero-order chi connectivity index (χ0) is 27.5. The Hall–Kier alpha value is -3.72. The molecule has 2 N–H and O–H groups in total. The number of nitrogens with zero attached hydrogens (tertiary/aromatic N) is 5. The molecule has 40 heavy (non-hydrogen) atoms. The number of benzene rings is 2. The molecule has 1 aromatic heterocycles. The molecule has 3 aromatic rings. The lowest BCUT2D eigenvalue weighted by Gasteiger charge is -2.29. The van der Waals surface area contributed by atoms with Gasteiger partial charge in [-0.3, -0.25) is 0 Å². The van der Waals surface area contributed by atoms with Crippen molar-refractivity contribution in [2.24, 2.45) is 0 Å². The monoisotopic (exact) mass is 569 g/mol. The first-order valence-electron chi connectivity index (χ1n) is 13.0. The summed E-state index contributed by atoms with van der Waals surface area (Å²) in [6.07, 6.45) is -0.519. The highest BCUT2D eigenvalue weighted by Crippen LogP contribution is 2.36. The van der Waals surface area contributed by atoms with Crippen LogP contribution >= 0.6 is 12.2 Å². The molecule has 4 heterocycles. The number of hydrogen-bond acceptors (Lipinski definition) is 11. The SMILES string of the molecule is COc1cc(NC(=S)NC2COC3C2OCC3n2nnnc2Oc2cccc(N3CCOCC3)c2)cc(OC)c1. The maximum Gasteiger partial charge on any atom is 0.341 e. The van der Waals surface area contributed by atoms with Gasteiger partial charge >= 0.3 is 6.01 Å². The minimum atomic E-state index is -0.275. The quantitative estimate of drug-likeness (QED) is 0.385. The molecule has 0 bridgehead atoms. The fraction of sp³-hybridized carbons (Fsp3) is 0.462. The Bertz CT molecular complexity index is 1310. The Balaban J connectivity index is 1.09. The summed E-state index contributed by atoms with van der Waals surface area (Å²) >= 11 is 5.57. The first-order valence-corrected chi connectivity index (χ1v) is 13.4. The van der Waals surface area contributed by atoms with E-state index in [-0.39, 0.29) is 30.3 Å². The van der Waals surface area contributed by atoms with E-state index >= 15 is 0 Å². The Morgan fingerprint density at radius 3 is 2.52 bits per heavy atom. The molecule has 13 nitrogen and oxygen atoms in total. The van der Waals surface area contributed by atoms with Gasteiger partial charge in [0.2, 0.25) is 0 Å². The van der Waals surface area contributed by atoms with Gasteiger partial charge in [-0.25, -0.2) is 0 Å². The molecular formula is C26H31N7O6S. The lowest BCUT2D eigenvalue weighted by molar-refractivity contribution is 0.0615. The van der Waals surface area contributed by atoms with Crippen LogP contribution in [0.5, 0.6) is 23.3 Å². The number of morpholine rings is 1. The van der Waals surface area contributed by atoms with Gasteiger partial charge in [-0.2, -0.15) is 4.68 Å². The van der Waals surface area contributed by atoms with Crippen LogP contribution in [0.15, 0.2) is 42.5 Å². The van der Waals surface area contributed by atoms with Crippen LogP contribution in [0, 0.1) is 0 Å². The smallest absolute Gasteiger partial charge is 0.341 e. The van der Waals surface area contributed by atoms with E-state index in [4.69, 9.17) is 40.6 Å². The molecule has 0 aliphatic carbocycles. The van der Waals surface area contributed by atoms with Crippen LogP contribution < -0.4 is 29.7 Å². The van der Waals surface area contributed by atoms with Gasteiger partial charge in [-0.1, -0.05) is 11.2 Å². The fourth-order valence-electron chi connectivity index (χ4n) is 5.16. The highest BCUT2D eigenvalue weighted by atomic mass is 32.1. The third-order valence-electron chi connectivity index (χ3n) is 7.13. The first-order chi connectivity index (χ1) is 19.6. The summed E-state index contributed by atoms with van der Waals surface area (Å²) in [5.41, 5.74) is 1.80. The van der Waals surface area contributed by atoms with E-state index in [0.717, 1.165) is 24.5 Å². The summed E-state index contributed by atoms with van der Waals surface area (Å²) in [6, 6.07) is 13.2. The van der Waals surface area contributed by atoms with Crippen molar-refractivity contribution in [2.75, 3.05) is 64.0 Å². The predicted octanol–water partition coefficient (Wildman–Crippen LogP) is 2.01. The maximum absolute atomic E-state index is 6.15. The molecule has 3 saturated heterocycles. The average molecular weight is 570 g/mol. The Morgan fingerprint density at radius 1 is 0.975 bits per heavy atom. The van der Waals surface area contributed by atoms with E-state index in [9.17, 15) is 0 Å². The van der Waals surface area contributed by atoms with Crippen LogP contribution in [0.1, 0.15) is 6.04 Å². The first kappa shape index (κ1) is 26.5. The highest BCUT2D eigenvalue weighted by molar-refractivity contribution is 7.80. The molecule has 3 fully saturated rings. The zero-order valence-electron chi connectivity index (χ0n) is 22.2. The van der Waals surface area contributed by atoms with Crippen molar-refractivity contribution in [3.63, 3.8) is 0 Å². The Labute approximate surface area is 236 Å². The van der Waals surface area contributed by atoms with Gasteiger partial charge in [-0.15, -0.1) is 0 Å².